The molecule has 0 aliphatic carbocycles. The first kappa shape index (κ1) is 30.6. The molecule has 2 aromatic heterocycles. The summed E-state index contributed by atoms with van der Waals surface area (Å²) >= 11 is 1.30. The van der Waals surface area contributed by atoms with Gasteiger partial charge in [-0.05, 0) is 36.1 Å². The van der Waals surface area contributed by atoms with Crippen LogP contribution < -0.4 is 15.9 Å². The highest BCUT2D eigenvalue weighted by Gasteiger charge is 2.29. The highest BCUT2D eigenvalue weighted by molar-refractivity contribution is 7.29. The van der Waals surface area contributed by atoms with Crippen molar-refractivity contribution in [3.63, 3.8) is 0 Å². The van der Waals surface area contributed by atoms with Gasteiger partial charge < -0.3 is 20.5 Å². The number of nitrogens with zero attached hydrogens (tertiary/aromatic N) is 4. The van der Waals surface area contributed by atoms with Crippen molar-refractivity contribution < 1.29 is 14.2 Å². The average Bonchev–Trinajstić information content (AvgIpc) is 3.73. The highest BCUT2D eigenvalue weighted by Crippen LogP contribution is 2.44. The molecule has 3 N–H and O–H groups in total. The van der Waals surface area contributed by atoms with E-state index >= 15 is 4.39 Å². The van der Waals surface area contributed by atoms with Crippen molar-refractivity contribution in [2.24, 2.45) is 0 Å². The number of benzene rings is 2. The van der Waals surface area contributed by atoms with Crippen LogP contribution in [0.15, 0.2) is 18.3 Å². The zero-order valence-corrected chi connectivity index (χ0v) is 25.2. The minimum absolute atomic E-state index is 0.317. The molecule has 4 aromatic rings. The number of rotatable bonds is 2. The molecule has 1 saturated heterocycles. The van der Waals surface area contributed by atoms with Gasteiger partial charge in [0.15, 0.2) is 0 Å². The summed E-state index contributed by atoms with van der Waals surface area (Å²) in [5.74, 6) is 0.303. The number of nitriles is 1. The lowest BCUT2D eigenvalue weighted by molar-refractivity contribution is 0.135. The molecule has 39 heavy (non-hydrogen) atoms. The average molecular weight is 570 g/mol. The number of anilines is 2. The lowest BCUT2D eigenvalue weighted by atomic mass is 9.91. The van der Waals surface area contributed by atoms with Crippen LogP contribution in [0.25, 0.3) is 32.1 Å². The SMILES string of the molecule is CC.CCC.CO.N#Cc1c(N)sc2ccc(F)c(-c3c4c(c5cnc(N6CCCC6)nc5c3P)COC4)c12. The normalized spacial score (nSPS) is 13.6. The van der Waals surface area contributed by atoms with Crippen LogP contribution in [0, 0.1) is 17.1 Å². The van der Waals surface area contributed by atoms with Gasteiger partial charge in [0.25, 0.3) is 0 Å². The molecule has 0 saturated carbocycles. The lowest BCUT2D eigenvalue weighted by Gasteiger charge is -2.19. The van der Waals surface area contributed by atoms with Gasteiger partial charge in [-0.1, -0.05) is 34.1 Å². The van der Waals surface area contributed by atoms with Gasteiger partial charge in [-0.3, -0.25) is 0 Å². The van der Waals surface area contributed by atoms with Gasteiger partial charge in [-0.25, -0.2) is 14.4 Å². The fourth-order valence-electron chi connectivity index (χ4n) is 4.87. The topological polar surface area (TPSA) is 108 Å². The zero-order valence-electron chi connectivity index (χ0n) is 23.3. The van der Waals surface area contributed by atoms with Gasteiger partial charge in [0, 0.05) is 58.3 Å². The van der Waals surface area contributed by atoms with Gasteiger partial charge in [-0.15, -0.1) is 20.6 Å². The Bertz CT molecular complexity index is 1500. The maximum Gasteiger partial charge on any atom is 0.225 e. The number of hydrogen-bond acceptors (Lipinski definition) is 8. The van der Waals surface area contributed by atoms with E-state index in [2.05, 4.69) is 39.0 Å². The molecule has 1 atom stereocenters. The Kier molecular flexibility index (Phi) is 11.0. The quantitative estimate of drug-likeness (QED) is 0.273. The third-order valence-electron chi connectivity index (χ3n) is 6.37. The maximum atomic E-state index is 15.5. The summed E-state index contributed by atoms with van der Waals surface area (Å²) in [5, 5.41) is 19.4. The summed E-state index contributed by atoms with van der Waals surface area (Å²) in [5.41, 5.74) is 10.2. The number of nitrogens with two attached hydrogens (primary N) is 1. The predicted molar refractivity (Wildman–Crippen MR) is 164 cm³/mol. The standard InChI is InChI=1S/C23H19FN5OPS.C3H8.C2H6.CH4O/c24-15-3-4-16-17(11(7-25)22(26)32-16)19(15)18-14-10-30-9-13(14)12-8-27-23(28-20(12)21(18)31)29-5-1-2-6-29;1-3-2;2*1-2/h3-4,8H,1-2,5-6,9-10,26,31H2;3H2,1-2H3;1-2H3;2H,1H3. The second-order valence-electron chi connectivity index (χ2n) is 8.82. The molecule has 2 aromatic carbocycles. The summed E-state index contributed by atoms with van der Waals surface area (Å²) in [6, 6.07) is 5.30. The Morgan fingerprint density at radius 3 is 2.44 bits per heavy atom. The number of halogens is 1. The van der Waals surface area contributed by atoms with Crippen molar-refractivity contribution >= 4 is 57.8 Å². The van der Waals surface area contributed by atoms with Crippen molar-refractivity contribution in [1.29, 1.82) is 5.26 Å². The number of aliphatic hydroxyl groups is 1. The van der Waals surface area contributed by atoms with Crippen LogP contribution in [0.1, 0.15) is 63.6 Å². The number of thiophene rings is 1. The third kappa shape index (κ3) is 5.71. The molecule has 0 spiro atoms. The number of fused-ring (bicyclic) bond motifs is 4. The van der Waals surface area contributed by atoms with Crippen LogP contribution >= 0.6 is 20.6 Å². The van der Waals surface area contributed by atoms with Crippen molar-refractivity contribution in [2.45, 2.75) is 60.2 Å². The smallest absolute Gasteiger partial charge is 0.225 e. The molecule has 6 rings (SSSR count). The van der Waals surface area contributed by atoms with E-state index in [1.165, 1.54) is 23.8 Å². The maximum absolute atomic E-state index is 15.5. The van der Waals surface area contributed by atoms with Crippen molar-refractivity contribution in [3.05, 3.63) is 40.8 Å². The molecule has 2 aliphatic rings. The van der Waals surface area contributed by atoms with Crippen LogP contribution in [0.5, 0.6) is 0 Å². The molecule has 7 nitrogen and oxygen atoms in total. The second-order valence-corrected chi connectivity index (χ2v) is 10.5. The third-order valence-corrected chi connectivity index (χ3v) is 7.91. The monoisotopic (exact) mass is 569 g/mol. The Morgan fingerprint density at radius 1 is 1.15 bits per heavy atom. The molecular weight excluding hydrogens is 532 g/mol. The Balaban J connectivity index is 0.000000553. The molecule has 0 amide bonds. The van der Waals surface area contributed by atoms with Crippen LogP contribution in [0.4, 0.5) is 15.3 Å². The van der Waals surface area contributed by atoms with Crippen LogP contribution in [-0.2, 0) is 18.0 Å². The van der Waals surface area contributed by atoms with Crippen molar-refractivity contribution in [2.75, 3.05) is 30.8 Å². The molecule has 10 heteroatoms. The second kappa shape index (κ2) is 14.0. The summed E-state index contributed by atoms with van der Waals surface area (Å²) in [6.07, 6.45) is 5.37. The van der Waals surface area contributed by atoms with Crippen molar-refractivity contribution in [1.82, 2.24) is 9.97 Å². The molecule has 2 aliphatic heterocycles. The van der Waals surface area contributed by atoms with Crippen LogP contribution in [0.3, 0.4) is 0 Å². The van der Waals surface area contributed by atoms with E-state index in [-0.39, 0.29) is 0 Å². The Morgan fingerprint density at radius 2 is 1.79 bits per heavy atom. The molecule has 0 radical (unpaired) electrons. The lowest BCUT2D eigenvalue weighted by Crippen LogP contribution is -2.21. The first-order valence-corrected chi connectivity index (χ1v) is 14.7. The molecule has 208 valence electrons. The minimum atomic E-state index is -0.391. The zero-order chi connectivity index (χ0) is 28.7. The number of hydrogen-bond donors (Lipinski definition) is 2. The molecule has 4 heterocycles. The number of aromatic nitrogens is 2. The predicted octanol–water partition coefficient (Wildman–Crippen LogP) is 6.29. The number of aliphatic hydroxyl groups excluding tert-OH is 1. The molecule has 0 bridgehead atoms. The highest BCUT2D eigenvalue weighted by atomic mass is 32.1. The van der Waals surface area contributed by atoms with Gasteiger partial charge in [-0.2, -0.15) is 5.26 Å². The summed E-state index contributed by atoms with van der Waals surface area (Å²) in [7, 11) is 3.76. The fraction of sp³-hybridized carbons (Fsp3) is 0.414. The summed E-state index contributed by atoms with van der Waals surface area (Å²) < 4.78 is 22.1. The summed E-state index contributed by atoms with van der Waals surface area (Å²) in [4.78, 5) is 11.7. The number of ether oxygens (including phenoxy) is 1. The first-order chi connectivity index (χ1) is 19.0. The molecule has 1 unspecified atom stereocenters. The fourth-order valence-corrected chi connectivity index (χ4v) is 6.33. The van der Waals surface area contributed by atoms with E-state index in [0.717, 1.165) is 70.6 Å². The Hall–Kier alpha value is -2.89. The first-order valence-electron chi connectivity index (χ1n) is 13.3. The summed E-state index contributed by atoms with van der Waals surface area (Å²) in [6.45, 7) is 10.9. The van der Waals surface area contributed by atoms with Gasteiger partial charge in [0.2, 0.25) is 5.95 Å². The Labute approximate surface area is 236 Å². The van der Waals surface area contributed by atoms with E-state index in [4.69, 9.17) is 20.6 Å². The van der Waals surface area contributed by atoms with Crippen LogP contribution in [0.2, 0.25) is 0 Å². The van der Waals surface area contributed by atoms with E-state index in [0.29, 0.717) is 40.7 Å². The van der Waals surface area contributed by atoms with E-state index in [9.17, 15) is 5.26 Å². The van der Waals surface area contributed by atoms with Crippen molar-refractivity contribution in [3.8, 4) is 17.2 Å². The minimum Gasteiger partial charge on any atom is -0.400 e. The van der Waals surface area contributed by atoms with Gasteiger partial charge in [0.05, 0.1) is 24.3 Å². The van der Waals surface area contributed by atoms with Gasteiger partial charge in [0.1, 0.15) is 16.9 Å². The largest absolute Gasteiger partial charge is 0.400 e. The van der Waals surface area contributed by atoms with Crippen LogP contribution in [-0.4, -0.2) is 35.3 Å². The molecule has 1 fully saturated rings. The number of nitrogen functional groups attached to an aromatic ring is 1. The molecular formula is C29H37FN5O2PS. The van der Waals surface area contributed by atoms with E-state index < -0.39 is 5.82 Å². The van der Waals surface area contributed by atoms with Gasteiger partial charge >= 0.3 is 0 Å². The van der Waals surface area contributed by atoms with E-state index in [1.54, 1.807) is 6.07 Å². The van der Waals surface area contributed by atoms with E-state index in [1.807, 2.05) is 20.0 Å².